The molecule has 0 aliphatic carbocycles. The summed E-state index contributed by atoms with van der Waals surface area (Å²) in [6.07, 6.45) is 5.61. The molecule has 5 rings (SSSR count). The van der Waals surface area contributed by atoms with E-state index in [1.54, 1.807) is 22.8 Å². The van der Waals surface area contributed by atoms with Crippen molar-refractivity contribution in [3.63, 3.8) is 0 Å². The van der Waals surface area contributed by atoms with Gasteiger partial charge < -0.3 is 29.7 Å². The van der Waals surface area contributed by atoms with Crippen LogP contribution in [-0.4, -0.2) is 88.1 Å². The number of hydrogen-bond acceptors (Lipinski definition) is 7. The van der Waals surface area contributed by atoms with Crippen molar-refractivity contribution in [2.75, 3.05) is 19.7 Å². The van der Waals surface area contributed by atoms with Crippen molar-refractivity contribution in [3.05, 3.63) is 58.6 Å². The van der Waals surface area contributed by atoms with Gasteiger partial charge in [-0.25, -0.2) is 0 Å². The first-order valence-corrected chi connectivity index (χ1v) is 15.9. The number of rotatable bonds is 6. The van der Waals surface area contributed by atoms with Gasteiger partial charge in [-0.2, -0.15) is 0 Å². The van der Waals surface area contributed by atoms with Crippen molar-refractivity contribution in [3.8, 4) is 0 Å². The quantitative estimate of drug-likeness (QED) is 0.274. The van der Waals surface area contributed by atoms with E-state index in [2.05, 4.69) is 21.2 Å². The van der Waals surface area contributed by atoms with Gasteiger partial charge in [0.25, 0.3) is 0 Å². The number of esters is 1. The fraction of sp³-hybridized carbons (Fsp3) is 0.562. The summed E-state index contributed by atoms with van der Waals surface area (Å²) in [5, 5.41) is 12.4. The number of carbonyl (C=O) groups is 4. The summed E-state index contributed by atoms with van der Waals surface area (Å²) in [6, 6.07) is 7.46. The van der Waals surface area contributed by atoms with E-state index in [-0.39, 0.29) is 43.3 Å². The lowest BCUT2D eigenvalue weighted by Gasteiger charge is -2.37. The first-order valence-electron chi connectivity index (χ1n) is 15.1. The molecule has 1 spiro atoms. The number of nitrogens with zero attached hydrogens (tertiary/aromatic N) is 2. The Morgan fingerprint density at radius 1 is 1.07 bits per heavy atom. The van der Waals surface area contributed by atoms with Gasteiger partial charge in [0.05, 0.1) is 12.0 Å². The number of amides is 3. The number of hydrogen-bond donors (Lipinski definition) is 2. The molecule has 3 amide bonds. The van der Waals surface area contributed by atoms with Crippen LogP contribution in [-0.2, 0) is 28.7 Å². The number of fused-ring (bicyclic) bond motifs is 2. The summed E-state index contributed by atoms with van der Waals surface area (Å²) >= 11 is 3.58. The van der Waals surface area contributed by atoms with Gasteiger partial charge in [-0.3, -0.25) is 19.2 Å². The van der Waals surface area contributed by atoms with Crippen LogP contribution in [0.1, 0.15) is 58.1 Å². The lowest BCUT2D eigenvalue weighted by molar-refractivity contribution is -0.161. The minimum atomic E-state index is -1.35. The van der Waals surface area contributed by atoms with Gasteiger partial charge in [0.2, 0.25) is 17.7 Å². The summed E-state index contributed by atoms with van der Waals surface area (Å²) in [6.45, 7) is 6.11. The topological polar surface area (TPSA) is 125 Å². The maximum atomic E-state index is 14.4. The summed E-state index contributed by atoms with van der Waals surface area (Å²) in [5.74, 6) is -3.38. The number of aliphatic hydroxyl groups excluding tert-OH is 1. The van der Waals surface area contributed by atoms with Gasteiger partial charge in [-0.15, -0.1) is 0 Å². The molecular weight excluding hydrogens is 618 g/mol. The number of benzene rings is 1. The molecule has 43 heavy (non-hydrogen) atoms. The molecule has 7 atom stereocenters. The Balaban J connectivity index is 1.59. The summed E-state index contributed by atoms with van der Waals surface area (Å²) < 4.78 is 13.3. The maximum absolute atomic E-state index is 14.4. The molecule has 0 aromatic heterocycles. The third-order valence-electron chi connectivity index (χ3n) is 8.87. The molecule has 11 heteroatoms. The van der Waals surface area contributed by atoms with Crippen LogP contribution in [0.25, 0.3) is 0 Å². The Kier molecular flexibility index (Phi) is 9.43. The van der Waals surface area contributed by atoms with Gasteiger partial charge in [0.1, 0.15) is 29.8 Å². The van der Waals surface area contributed by atoms with E-state index >= 15 is 0 Å². The average molecular weight is 659 g/mol. The summed E-state index contributed by atoms with van der Waals surface area (Å²) in [4.78, 5) is 58.9. The van der Waals surface area contributed by atoms with E-state index in [4.69, 9.17) is 9.47 Å². The molecule has 5 bridgehead atoms. The van der Waals surface area contributed by atoms with Crippen LogP contribution < -0.4 is 5.32 Å². The number of halogens is 1. The second-order valence-electron chi connectivity index (χ2n) is 12.0. The highest BCUT2D eigenvalue weighted by molar-refractivity contribution is 9.11. The Bertz CT molecular complexity index is 1300. The van der Waals surface area contributed by atoms with Gasteiger partial charge in [0.15, 0.2) is 0 Å². The molecule has 2 fully saturated rings. The van der Waals surface area contributed by atoms with Gasteiger partial charge in [-0.1, -0.05) is 58.4 Å². The number of likely N-dealkylation sites (tertiary alicyclic amines) is 1. The fourth-order valence-corrected chi connectivity index (χ4v) is 7.58. The van der Waals surface area contributed by atoms with E-state index < -0.39 is 47.7 Å². The molecule has 0 saturated carbocycles. The van der Waals surface area contributed by atoms with Crippen LogP contribution >= 0.6 is 15.9 Å². The van der Waals surface area contributed by atoms with E-state index in [1.165, 1.54) is 0 Å². The molecule has 232 valence electrons. The zero-order valence-corrected chi connectivity index (χ0v) is 26.4. The largest absolute Gasteiger partial charge is 0.455 e. The Morgan fingerprint density at radius 2 is 1.81 bits per heavy atom. The molecule has 10 nitrogen and oxygen atoms in total. The third-order valence-corrected chi connectivity index (χ3v) is 9.55. The number of carbonyl (C=O) groups excluding carboxylic acids is 4. The third kappa shape index (κ3) is 5.79. The first kappa shape index (κ1) is 31.4. The van der Waals surface area contributed by atoms with Crippen LogP contribution in [0.4, 0.5) is 0 Å². The van der Waals surface area contributed by atoms with Gasteiger partial charge in [-0.05, 0) is 51.7 Å². The highest BCUT2D eigenvalue weighted by Gasteiger charge is 2.75. The number of unbranched alkanes of at least 4 members (excludes halogenated alkanes) is 1. The molecule has 4 aliphatic rings. The van der Waals surface area contributed by atoms with E-state index in [0.717, 1.165) is 0 Å². The van der Waals surface area contributed by atoms with Crippen LogP contribution in [0.15, 0.2) is 53.0 Å². The van der Waals surface area contributed by atoms with Gasteiger partial charge in [0, 0.05) is 36.6 Å². The molecule has 4 heterocycles. The number of nitrogens with one attached hydrogen (secondary N) is 1. The predicted octanol–water partition coefficient (Wildman–Crippen LogP) is 3.01. The Morgan fingerprint density at radius 3 is 2.51 bits per heavy atom. The van der Waals surface area contributed by atoms with Crippen molar-refractivity contribution in [2.24, 2.45) is 11.8 Å². The minimum Gasteiger partial charge on any atom is -0.455 e. The van der Waals surface area contributed by atoms with Crippen molar-refractivity contribution >= 4 is 39.6 Å². The monoisotopic (exact) mass is 657 g/mol. The molecule has 1 aromatic carbocycles. The lowest BCUT2D eigenvalue weighted by Crippen LogP contribution is -2.57. The lowest BCUT2D eigenvalue weighted by atomic mass is 9.74. The smallest absolute Gasteiger partial charge is 0.313 e. The van der Waals surface area contributed by atoms with E-state index in [0.29, 0.717) is 35.9 Å². The number of allylic oxidation sites excluding steroid dienone is 1. The summed E-state index contributed by atoms with van der Waals surface area (Å²) in [7, 11) is 0. The second-order valence-corrected chi connectivity index (χ2v) is 12.9. The van der Waals surface area contributed by atoms with E-state index in [1.807, 2.05) is 56.3 Å². The first-order chi connectivity index (χ1) is 20.6. The number of aliphatic hydroxyl groups is 1. The van der Waals surface area contributed by atoms with Crippen molar-refractivity contribution in [1.29, 1.82) is 0 Å². The average Bonchev–Trinajstić information content (AvgIpc) is 3.56. The van der Waals surface area contributed by atoms with E-state index in [9.17, 15) is 24.3 Å². The maximum Gasteiger partial charge on any atom is 0.313 e. The van der Waals surface area contributed by atoms with Crippen LogP contribution in [0.3, 0.4) is 0 Å². The minimum absolute atomic E-state index is 0.0350. The molecule has 0 radical (unpaired) electrons. The molecule has 1 aromatic rings. The Labute approximate surface area is 260 Å². The van der Waals surface area contributed by atoms with Crippen molar-refractivity contribution in [2.45, 2.75) is 82.4 Å². The van der Waals surface area contributed by atoms with Crippen LogP contribution in [0.2, 0.25) is 0 Å². The molecule has 2 N–H and O–H groups in total. The second kappa shape index (κ2) is 12.9. The predicted molar refractivity (Wildman–Crippen MR) is 162 cm³/mol. The van der Waals surface area contributed by atoms with Crippen molar-refractivity contribution in [1.82, 2.24) is 15.1 Å². The summed E-state index contributed by atoms with van der Waals surface area (Å²) in [5.41, 5.74) is -0.646. The molecule has 2 saturated heterocycles. The SMILES string of the molecule is CC(C)N1C/C=C\CCC(=O)N[C@H](C)[C@@H](c2ccccc2)OC(=O)[C@@H]2[C@H]3O[C@@]4(C=C3Br)[C@H](C1=O)N(CCCCO)C(=O)[C@@H]24. The highest BCUT2D eigenvalue weighted by atomic mass is 79.9. The zero-order chi connectivity index (χ0) is 30.9. The normalized spacial score (nSPS) is 33.9. The number of ether oxygens (including phenoxy) is 2. The highest BCUT2D eigenvalue weighted by Crippen LogP contribution is 2.59. The van der Waals surface area contributed by atoms with Gasteiger partial charge >= 0.3 is 5.97 Å². The molecule has 0 unspecified atom stereocenters. The molecular formula is C32H40BrN3O7. The van der Waals surface area contributed by atoms with Crippen LogP contribution in [0, 0.1) is 11.8 Å². The van der Waals surface area contributed by atoms with Crippen LogP contribution in [0.5, 0.6) is 0 Å². The fourth-order valence-electron chi connectivity index (χ4n) is 6.84. The molecule has 4 aliphatic heterocycles. The zero-order valence-electron chi connectivity index (χ0n) is 24.8. The standard InChI is InChI=1S/C32H40BrN3O7/c1-19(2)35-15-9-5-8-14-23(38)34-20(3)26(21-12-6-4-7-13-21)42-31(41)24-25-29(39)36(16-10-11-17-37)28(30(35)40)32(25)18-22(33)27(24)43-32/h4-7,9,12-13,18-20,24-28,37H,8,10-11,14-17H2,1-3H3,(H,34,38)/b9-5-/t20-,24+,25-,26+,27+,28+,32-/m1/s1. The number of cyclic esters (lactones) is 1. The Hall–Kier alpha value is -3.02. The van der Waals surface area contributed by atoms with Crippen molar-refractivity contribution < 1.29 is 33.8 Å².